The van der Waals surface area contributed by atoms with E-state index in [9.17, 15) is 24.5 Å². The van der Waals surface area contributed by atoms with Gasteiger partial charge in [-0.3, -0.25) is 13.8 Å². The Morgan fingerprint density at radius 1 is 0.618 bits per heavy atom. The van der Waals surface area contributed by atoms with Crippen LogP contribution in [0.15, 0.2) is 36.5 Å². The zero-order valence-corrected chi connectivity index (χ0v) is 36.4. The number of carbonyl (C=O) groups is 1. The summed E-state index contributed by atoms with van der Waals surface area (Å²) in [4.78, 5) is 22.8. The Kier molecular flexibility index (Phi) is 39.9. The molecule has 0 aromatic rings. The zero-order valence-electron chi connectivity index (χ0n) is 35.5. The summed E-state index contributed by atoms with van der Waals surface area (Å²) >= 11 is 0. The third-order valence-electron chi connectivity index (χ3n) is 10.0. The summed E-state index contributed by atoms with van der Waals surface area (Å²) in [6, 6.07) is -1.00. The lowest BCUT2D eigenvalue weighted by Crippen LogP contribution is -2.46. The molecule has 55 heavy (non-hydrogen) atoms. The Labute approximate surface area is 338 Å². The van der Waals surface area contributed by atoms with Gasteiger partial charge < -0.3 is 26.2 Å². The van der Waals surface area contributed by atoms with Crippen molar-refractivity contribution in [3.05, 3.63) is 36.5 Å². The Balaban J connectivity index is 4.38. The first kappa shape index (κ1) is 53.7. The van der Waals surface area contributed by atoms with E-state index in [4.69, 9.17) is 14.8 Å². The van der Waals surface area contributed by atoms with Crippen molar-refractivity contribution in [1.82, 2.24) is 5.32 Å². The fraction of sp³-hybridized carbons (Fsp3) is 0.844. The summed E-state index contributed by atoms with van der Waals surface area (Å²) in [6.45, 7) is 3.95. The van der Waals surface area contributed by atoms with Crippen LogP contribution in [0.1, 0.15) is 206 Å². The molecular weight excluding hydrogens is 711 g/mol. The molecule has 0 saturated heterocycles. The van der Waals surface area contributed by atoms with Crippen molar-refractivity contribution < 1.29 is 33.5 Å². The van der Waals surface area contributed by atoms with Gasteiger partial charge >= 0.3 is 7.82 Å². The van der Waals surface area contributed by atoms with Crippen LogP contribution in [0.3, 0.4) is 0 Å². The Morgan fingerprint density at radius 3 is 1.51 bits per heavy atom. The minimum atomic E-state index is -4.41. The van der Waals surface area contributed by atoms with Gasteiger partial charge in [0, 0.05) is 6.54 Å². The van der Waals surface area contributed by atoms with E-state index < -0.39 is 38.6 Å². The minimum absolute atomic E-state index is 0.0428. The summed E-state index contributed by atoms with van der Waals surface area (Å²) in [5.41, 5.74) is 5.36. The number of amides is 1. The van der Waals surface area contributed by atoms with Gasteiger partial charge in [-0.15, -0.1) is 0 Å². The van der Waals surface area contributed by atoms with Gasteiger partial charge in [-0.1, -0.05) is 192 Å². The van der Waals surface area contributed by atoms with Crippen molar-refractivity contribution in [3.8, 4) is 0 Å². The quantitative estimate of drug-likeness (QED) is 0.0233. The van der Waals surface area contributed by atoms with Crippen LogP contribution in [-0.2, 0) is 18.4 Å². The normalized spacial score (nSPS) is 14.9. The van der Waals surface area contributed by atoms with Crippen LogP contribution in [0.25, 0.3) is 0 Å². The van der Waals surface area contributed by atoms with Crippen molar-refractivity contribution in [1.29, 1.82) is 0 Å². The highest BCUT2D eigenvalue weighted by Gasteiger charge is 2.27. The fourth-order valence-electron chi connectivity index (χ4n) is 6.56. The van der Waals surface area contributed by atoms with E-state index in [1.807, 2.05) is 6.08 Å². The van der Waals surface area contributed by atoms with Crippen LogP contribution in [0, 0.1) is 0 Å². The molecule has 324 valence electrons. The lowest BCUT2D eigenvalue weighted by atomic mass is 10.0. The molecule has 4 atom stereocenters. The van der Waals surface area contributed by atoms with Crippen LogP contribution < -0.4 is 11.1 Å². The molecule has 0 spiro atoms. The summed E-state index contributed by atoms with van der Waals surface area (Å²) in [5, 5.41) is 24.0. The summed E-state index contributed by atoms with van der Waals surface area (Å²) in [6.07, 6.45) is 45.2. The van der Waals surface area contributed by atoms with Gasteiger partial charge in [0.2, 0.25) is 5.91 Å². The van der Waals surface area contributed by atoms with E-state index in [2.05, 4.69) is 43.5 Å². The highest BCUT2D eigenvalue weighted by molar-refractivity contribution is 7.47. The van der Waals surface area contributed by atoms with Crippen LogP contribution in [0.4, 0.5) is 0 Å². The first-order chi connectivity index (χ1) is 26.8. The minimum Gasteiger partial charge on any atom is -0.393 e. The number of nitrogens with one attached hydrogen (secondary N) is 1. The van der Waals surface area contributed by atoms with Crippen molar-refractivity contribution in [2.45, 2.75) is 225 Å². The van der Waals surface area contributed by atoms with Crippen LogP contribution in [0.5, 0.6) is 0 Å². The number of aliphatic hydroxyl groups excluding tert-OH is 2. The maximum absolute atomic E-state index is 12.8. The largest absolute Gasteiger partial charge is 0.472 e. The Bertz CT molecular complexity index is 977. The van der Waals surface area contributed by atoms with Gasteiger partial charge in [-0.25, -0.2) is 4.57 Å². The van der Waals surface area contributed by atoms with E-state index in [1.54, 1.807) is 6.08 Å². The number of carbonyl (C=O) groups excluding carboxylic acids is 1. The molecule has 0 heterocycles. The average molecular weight is 799 g/mol. The molecule has 0 saturated carbocycles. The second kappa shape index (κ2) is 40.9. The smallest absolute Gasteiger partial charge is 0.393 e. The van der Waals surface area contributed by atoms with E-state index in [-0.39, 0.29) is 19.6 Å². The van der Waals surface area contributed by atoms with Crippen LogP contribution in [-0.4, -0.2) is 59.0 Å². The second-order valence-electron chi connectivity index (χ2n) is 15.4. The van der Waals surface area contributed by atoms with Crippen LogP contribution in [0.2, 0.25) is 0 Å². The molecule has 0 bridgehead atoms. The predicted octanol–water partition coefficient (Wildman–Crippen LogP) is 11.7. The van der Waals surface area contributed by atoms with E-state index >= 15 is 0 Å². The van der Waals surface area contributed by atoms with Gasteiger partial charge in [-0.2, -0.15) is 0 Å². The molecule has 0 aliphatic rings. The van der Waals surface area contributed by atoms with Crippen LogP contribution >= 0.6 is 7.82 Å². The lowest BCUT2D eigenvalue weighted by molar-refractivity contribution is -0.124. The number of allylic oxidation sites excluding steroid dienone is 5. The van der Waals surface area contributed by atoms with Gasteiger partial charge in [0.1, 0.15) is 0 Å². The number of phosphoric acid groups is 1. The predicted molar refractivity (Wildman–Crippen MR) is 232 cm³/mol. The summed E-state index contributed by atoms with van der Waals surface area (Å²) in [7, 11) is -4.41. The molecular formula is C45H87N2O7P. The average Bonchev–Trinajstić information content (AvgIpc) is 3.16. The molecule has 0 radical (unpaired) electrons. The van der Waals surface area contributed by atoms with Crippen molar-refractivity contribution in [3.63, 3.8) is 0 Å². The monoisotopic (exact) mass is 799 g/mol. The van der Waals surface area contributed by atoms with Gasteiger partial charge in [0.05, 0.1) is 37.9 Å². The molecule has 0 aliphatic heterocycles. The van der Waals surface area contributed by atoms with Crippen molar-refractivity contribution in [2.24, 2.45) is 5.73 Å². The molecule has 6 N–H and O–H groups in total. The maximum Gasteiger partial charge on any atom is 0.472 e. The molecule has 4 unspecified atom stereocenters. The SMILES string of the molecule is CCCCCCCCCCC/C=C/CC/C=C/CC/C=C/C(O)C(COP(=O)(O)OCCN)NC(=O)CC(O)CCCCCCCCCCCCCCCC. The third kappa shape index (κ3) is 39.3. The molecule has 0 fully saturated rings. The summed E-state index contributed by atoms with van der Waals surface area (Å²) < 4.78 is 22.1. The molecule has 0 aliphatic carbocycles. The zero-order chi connectivity index (χ0) is 40.5. The molecule has 10 heteroatoms. The molecule has 0 rings (SSSR count). The maximum atomic E-state index is 12.8. The van der Waals surface area contributed by atoms with Gasteiger partial charge in [0.15, 0.2) is 0 Å². The highest BCUT2D eigenvalue weighted by atomic mass is 31.2. The summed E-state index contributed by atoms with van der Waals surface area (Å²) in [5.74, 6) is -0.459. The topological polar surface area (TPSA) is 151 Å². The number of rotatable bonds is 42. The number of nitrogens with two attached hydrogens (primary N) is 1. The number of phosphoric ester groups is 1. The van der Waals surface area contributed by atoms with Gasteiger partial charge in [-0.05, 0) is 44.9 Å². The fourth-order valence-corrected chi connectivity index (χ4v) is 7.32. The second-order valence-corrected chi connectivity index (χ2v) is 16.9. The molecule has 0 aromatic heterocycles. The van der Waals surface area contributed by atoms with Crippen molar-refractivity contribution >= 4 is 13.7 Å². The van der Waals surface area contributed by atoms with E-state index in [0.29, 0.717) is 12.8 Å². The molecule has 1 amide bonds. The number of aliphatic hydroxyl groups is 2. The first-order valence-electron chi connectivity index (χ1n) is 22.7. The molecule has 0 aromatic carbocycles. The number of hydrogen-bond acceptors (Lipinski definition) is 7. The lowest BCUT2D eigenvalue weighted by Gasteiger charge is -2.24. The molecule has 9 nitrogen and oxygen atoms in total. The van der Waals surface area contributed by atoms with E-state index in [1.165, 1.54) is 128 Å². The van der Waals surface area contributed by atoms with E-state index in [0.717, 1.165) is 44.9 Å². The third-order valence-corrected chi connectivity index (χ3v) is 11.0. The standard InChI is InChI=1S/C45H87N2O7P/c1-3-5-7-9-11-13-15-17-19-20-21-22-23-25-27-29-31-33-35-37-44(49)43(41-54-55(51,52)53-39-38-46)47-45(50)40-42(48)36-34-32-30-28-26-24-18-16-14-12-10-8-6-4-2/h21-22,27,29,35,37,42-44,48-49H,3-20,23-26,28,30-34,36,38-41,46H2,1-2H3,(H,47,50)(H,51,52)/b22-21+,29-27+,37-35+. The Hall–Kier alpha value is -1.32. The number of hydrogen-bond donors (Lipinski definition) is 5. The highest BCUT2D eigenvalue weighted by Crippen LogP contribution is 2.43. The van der Waals surface area contributed by atoms with Gasteiger partial charge in [0.25, 0.3) is 0 Å². The Morgan fingerprint density at radius 2 is 1.04 bits per heavy atom. The van der Waals surface area contributed by atoms with Crippen molar-refractivity contribution in [2.75, 3.05) is 19.8 Å². The number of unbranched alkanes of at least 4 members (excludes halogenated alkanes) is 24. The first-order valence-corrected chi connectivity index (χ1v) is 24.2.